The number of rotatable bonds is 0. The van der Waals surface area contributed by atoms with Crippen LogP contribution in [-0.2, 0) is 14.3 Å². The van der Waals surface area contributed by atoms with E-state index in [9.17, 15) is 4.79 Å². The monoisotopic (exact) mass is 400 g/mol. The van der Waals surface area contributed by atoms with Crippen molar-refractivity contribution in [2.75, 3.05) is 13.2 Å². The summed E-state index contributed by atoms with van der Waals surface area (Å²) in [5.74, 6) is 4.04. The second kappa shape index (κ2) is 6.30. The van der Waals surface area contributed by atoms with Crippen LogP contribution in [-0.4, -0.2) is 32.9 Å². The van der Waals surface area contributed by atoms with Crippen molar-refractivity contribution < 1.29 is 14.3 Å². The van der Waals surface area contributed by atoms with E-state index < -0.39 is 13.9 Å². The van der Waals surface area contributed by atoms with E-state index >= 15 is 0 Å². The summed E-state index contributed by atoms with van der Waals surface area (Å²) in [5, 5.41) is 0. The van der Waals surface area contributed by atoms with Crippen molar-refractivity contribution in [2.24, 2.45) is 22.2 Å². The fourth-order valence-corrected chi connectivity index (χ4v) is 7.27. The molecule has 0 N–H and O–H groups in total. The van der Waals surface area contributed by atoms with Crippen molar-refractivity contribution in [3.05, 3.63) is 11.6 Å². The number of ketones is 1. The van der Waals surface area contributed by atoms with Gasteiger partial charge in [-0.3, -0.25) is 4.79 Å². The van der Waals surface area contributed by atoms with Crippen molar-refractivity contribution in [3.63, 3.8) is 0 Å². The molecule has 4 aliphatic rings. The molecule has 1 spiro atoms. The minimum atomic E-state index is -1.48. The molecule has 1 aliphatic heterocycles. The number of hydrogen-bond acceptors (Lipinski definition) is 3. The predicted molar refractivity (Wildman–Crippen MR) is 114 cm³/mol. The van der Waals surface area contributed by atoms with E-state index in [1.165, 1.54) is 5.57 Å². The number of hydrogen-bond donors (Lipinski definition) is 0. The predicted octanol–water partition coefficient (Wildman–Crippen LogP) is 5.12. The number of carbonyl (C=O) groups is 1. The van der Waals surface area contributed by atoms with E-state index in [-0.39, 0.29) is 22.0 Å². The Morgan fingerprint density at radius 2 is 1.71 bits per heavy atom. The quantitative estimate of drug-likeness (QED) is 0.418. The molecular weight excluding hydrogens is 364 g/mol. The highest BCUT2D eigenvalue weighted by molar-refractivity contribution is 6.83. The molecule has 3 fully saturated rings. The fraction of sp³-hybridized carbons (Fsp3) is 0.792. The van der Waals surface area contributed by atoms with Gasteiger partial charge in [-0.15, -0.1) is 5.54 Å². The summed E-state index contributed by atoms with van der Waals surface area (Å²) in [6.07, 6.45) is 7.64. The Labute approximate surface area is 171 Å². The first-order chi connectivity index (χ1) is 12.9. The lowest BCUT2D eigenvalue weighted by Crippen LogP contribution is -2.62. The van der Waals surface area contributed by atoms with Gasteiger partial charge >= 0.3 is 0 Å². The average Bonchev–Trinajstić information content (AvgIpc) is 3.09. The van der Waals surface area contributed by atoms with Crippen LogP contribution in [0.1, 0.15) is 59.3 Å². The van der Waals surface area contributed by atoms with E-state index in [0.29, 0.717) is 25.6 Å². The molecule has 0 aromatic carbocycles. The Morgan fingerprint density at radius 1 is 1.04 bits per heavy atom. The molecule has 4 heteroatoms. The van der Waals surface area contributed by atoms with E-state index in [4.69, 9.17) is 9.47 Å². The minimum absolute atomic E-state index is 0.00743. The second-order valence-electron chi connectivity index (χ2n) is 11.3. The molecule has 28 heavy (non-hydrogen) atoms. The molecular formula is C24H36O3Si. The van der Waals surface area contributed by atoms with Crippen molar-refractivity contribution in [1.82, 2.24) is 0 Å². The van der Waals surface area contributed by atoms with Crippen LogP contribution < -0.4 is 0 Å². The number of carbonyl (C=O) groups excluding carboxylic acids is 1. The van der Waals surface area contributed by atoms with Gasteiger partial charge in [0.1, 0.15) is 8.07 Å². The van der Waals surface area contributed by atoms with Crippen LogP contribution in [0.4, 0.5) is 0 Å². The van der Waals surface area contributed by atoms with Gasteiger partial charge in [0, 0.05) is 18.3 Å². The van der Waals surface area contributed by atoms with Crippen LogP contribution in [0.15, 0.2) is 11.6 Å². The van der Waals surface area contributed by atoms with Crippen molar-refractivity contribution >= 4 is 13.9 Å². The molecule has 1 heterocycles. The summed E-state index contributed by atoms with van der Waals surface area (Å²) >= 11 is 0. The molecule has 0 unspecified atom stereocenters. The lowest BCUT2D eigenvalue weighted by molar-refractivity contribution is -0.284. The second-order valence-corrected chi connectivity index (χ2v) is 16.0. The molecule has 0 aromatic rings. The molecule has 0 aromatic heterocycles. The van der Waals surface area contributed by atoms with Gasteiger partial charge in [0.2, 0.25) is 0 Å². The maximum absolute atomic E-state index is 12.5. The Bertz CT molecular complexity index is 772. The topological polar surface area (TPSA) is 35.5 Å². The van der Waals surface area contributed by atoms with Crippen LogP contribution in [0, 0.1) is 33.6 Å². The van der Waals surface area contributed by atoms with Crippen LogP contribution in [0.25, 0.3) is 0 Å². The molecule has 0 radical (unpaired) electrons. The average molecular weight is 401 g/mol. The summed E-state index contributed by atoms with van der Waals surface area (Å²) in [6.45, 7) is 15.4. The first-order valence-corrected chi connectivity index (χ1v) is 14.5. The lowest BCUT2D eigenvalue weighted by atomic mass is 9.43. The third-order valence-electron chi connectivity index (χ3n) is 8.12. The van der Waals surface area contributed by atoms with Crippen LogP contribution in [0.3, 0.4) is 0 Å². The molecule has 0 bridgehead atoms. The summed E-state index contributed by atoms with van der Waals surface area (Å²) in [6, 6.07) is 0. The number of fused-ring (bicyclic) bond motifs is 3. The lowest BCUT2D eigenvalue weighted by Gasteiger charge is -2.63. The summed E-state index contributed by atoms with van der Waals surface area (Å²) in [5.41, 5.74) is 4.80. The highest BCUT2D eigenvalue weighted by atomic mass is 28.3. The molecule has 3 nitrogen and oxygen atoms in total. The Hall–Kier alpha value is -0.893. The normalized spacial score (nSPS) is 38.9. The molecule has 1 saturated heterocycles. The van der Waals surface area contributed by atoms with Crippen molar-refractivity contribution in [1.29, 1.82) is 0 Å². The molecule has 0 amide bonds. The van der Waals surface area contributed by atoms with Crippen LogP contribution >= 0.6 is 0 Å². The van der Waals surface area contributed by atoms with Crippen LogP contribution in [0.5, 0.6) is 0 Å². The van der Waals surface area contributed by atoms with E-state index in [1.807, 2.05) is 6.08 Å². The zero-order valence-electron chi connectivity index (χ0n) is 18.5. The molecule has 2 saturated carbocycles. The number of allylic oxidation sites excluding steroid dienone is 2. The smallest absolute Gasteiger partial charge is 0.173 e. The maximum Gasteiger partial charge on any atom is 0.173 e. The van der Waals surface area contributed by atoms with Crippen molar-refractivity contribution in [2.45, 2.75) is 84.7 Å². The van der Waals surface area contributed by atoms with Gasteiger partial charge < -0.3 is 9.47 Å². The van der Waals surface area contributed by atoms with Gasteiger partial charge in [-0.2, -0.15) is 0 Å². The minimum Gasteiger partial charge on any atom is -0.347 e. The molecule has 154 valence electrons. The molecule has 3 aliphatic carbocycles. The van der Waals surface area contributed by atoms with E-state index in [0.717, 1.165) is 32.1 Å². The van der Waals surface area contributed by atoms with Gasteiger partial charge in [0.15, 0.2) is 11.6 Å². The first-order valence-electron chi connectivity index (χ1n) is 11.0. The highest BCUT2D eigenvalue weighted by Gasteiger charge is 2.66. The third-order valence-corrected chi connectivity index (χ3v) is 9.00. The van der Waals surface area contributed by atoms with Gasteiger partial charge in [0.05, 0.1) is 18.6 Å². The molecule has 4 rings (SSSR count). The van der Waals surface area contributed by atoms with Crippen LogP contribution in [0.2, 0.25) is 19.6 Å². The van der Waals surface area contributed by atoms with Gasteiger partial charge in [-0.05, 0) is 48.7 Å². The number of ether oxygens (including phenoxy) is 2. The van der Waals surface area contributed by atoms with Gasteiger partial charge in [0.25, 0.3) is 0 Å². The molecule has 3 atom stereocenters. The first kappa shape index (κ1) is 20.4. The summed E-state index contributed by atoms with van der Waals surface area (Å²) in [7, 11) is -1.48. The fourth-order valence-electron chi connectivity index (χ4n) is 6.66. The van der Waals surface area contributed by atoms with Gasteiger partial charge in [-0.1, -0.05) is 46.3 Å². The Kier molecular flexibility index (Phi) is 4.59. The Balaban J connectivity index is 1.79. The maximum atomic E-state index is 12.5. The SMILES string of the molecule is CC1(C)[C@@H]2CC[C@@]3(C#C[Si](C)(C)C)CCC(=O)C=C3[C@@]2(C)CCC12OCCO2. The largest absolute Gasteiger partial charge is 0.347 e. The van der Waals surface area contributed by atoms with Gasteiger partial charge in [-0.25, -0.2) is 0 Å². The summed E-state index contributed by atoms with van der Waals surface area (Å²) in [4.78, 5) is 12.5. The van der Waals surface area contributed by atoms with E-state index in [2.05, 4.69) is 51.9 Å². The van der Waals surface area contributed by atoms with E-state index in [1.54, 1.807) is 0 Å². The standard InChI is InChI=1S/C24H36O3Si/c1-21(2)19-8-10-23(13-16-28(4,5)6)9-7-18(25)17-20(23)22(19,3)11-12-24(21)26-14-15-27-24/h17,19H,7-12,14-15H2,1-6H3/t19-,22-,23+/m0/s1. The Morgan fingerprint density at radius 3 is 2.36 bits per heavy atom. The zero-order valence-corrected chi connectivity index (χ0v) is 19.5. The zero-order chi connectivity index (χ0) is 20.4. The highest BCUT2D eigenvalue weighted by Crippen LogP contribution is 2.68. The van der Waals surface area contributed by atoms with Crippen molar-refractivity contribution in [3.8, 4) is 11.5 Å². The summed E-state index contributed by atoms with van der Waals surface area (Å²) < 4.78 is 12.5. The third kappa shape index (κ3) is 2.89.